The Morgan fingerprint density at radius 3 is 2.32 bits per heavy atom. The number of halogens is 3. The second kappa shape index (κ2) is 9.14. The maximum Gasteiger partial charge on any atom is 0.434 e. The van der Waals surface area contributed by atoms with Crippen molar-refractivity contribution < 1.29 is 18.0 Å². The van der Waals surface area contributed by atoms with Crippen LogP contribution in [0.1, 0.15) is 55.1 Å². The molecule has 0 unspecified atom stereocenters. The number of rotatable bonds is 5. The van der Waals surface area contributed by atoms with Gasteiger partial charge in [-0.2, -0.15) is 13.2 Å². The number of carbonyl (C=O) groups excluding carboxylic acids is 1. The summed E-state index contributed by atoms with van der Waals surface area (Å²) >= 11 is 0. The van der Waals surface area contributed by atoms with Gasteiger partial charge in [0.05, 0.1) is 12.5 Å². The Labute approximate surface area is 212 Å². The summed E-state index contributed by atoms with van der Waals surface area (Å²) in [6, 6.07) is 14.7. The molecule has 6 nitrogen and oxygen atoms in total. The fraction of sp³-hybridized carbons (Fsp3) is 0.286. The fourth-order valence-corrected chi connectivity index (χ4v) is 4.76. The molecule has 0 bridgehead atoms. The number of hydrogen-bond acceptors (Lipinski definition) is 4. The predicted octanol–water partition coefficient (Wildman–Crippen LogP) is 6.34. The molecule has 1 aliphatic rings. The summed E-state index contributed by atoms with van der Waals surface area (Å²) in [6.07, 6.45) is -1.59. The molecule has 0 spiro atoms. The fourth-order valence-electron chi connectivity index (χ4n) is 4.76. The molecule has 5 rings (SSSR count). The molecule has 37 heavy (non-hydrogen) atoms. The van der Waals surface area contributed by atoms with Gasteiger partial charge < -0.3 is 4.57 Å². The van der Waals surface area contributed by atoms with E-state index in [0.717, 1.165) is 28.5 Å². The number of anilines is 1. The highest BCUT2D eigenvalue weighted by Crippen LogP contribution is 2.37. The van der Waals surface area contributed by atoms with Crippen LogP contribution in [-0.4, -0.2) is 25.4 Å². The molecule has 0 saturated heterocycles. The van der Waals surface area contributed by atoms with Gasteiger partial charge in [-0.25, -0.2) is 15.0 Å². The third kappa shape index (κ3) is 4.50. The number of hydrogen-bond donors (Lipinski definition) is 0. The number of fused-ring (bicyclic) bond motifs is 1. The summed E-state index contributed by atoms with van der Waals surface area (Å²) in [5.74, 6) is 1.59. The summed E-state index contributed by atoms with van der Waals surface area (Å²) in [5, 5.41) is 0. The second-order valence-corrected chi connectivity index (χ2v) is 9.58. The Hall–Kier alpha value is -4.01. The average Bonchev–Trinajstić information content (AvgIpc) is 3.42. The van der Waals surface area contributed by atoms with Gasteiger partial charge in [0.1, 0.15) is 11.6 Å². The number of imidazole rings is 1. The summed E-state index contributed by atoms with van der Waals surface area (Å²) in [6.45, 7) is 6.14. The molecule has 3 heterocycles. The number of carbonyl (C=O) groups is 1. The molecule has 2 aromatic heterocycles. The van der Waals surface area contributed by atoms with Crippen molar-refractivity contribution in [1.29, 1.82) is 0 Å². The van der Waals surface area contributed by atoms with E-state index in [1.54, 1.807) is 23.2 Å². The molecular weight excluding hydrogens is 479 g/mol. The molecule has 4 aromatic rings. The minimum Gasteiger partial charge on any atom is -0.333 e. The highest BCUT2D eigenvalue weighted by atomic mass is 19.4. The number of alkyl halides is 3. The van der Waals surface area contributed by atoms with E-state index < -0.39 is 11.9 Å². The van der Waals surface area contributed by atoms with Gasteiger partial charge >= 0.3 is 6.18 Å². The lowest BCUT2D eigenvalue weighted by atomic mass is 9.97. The Balaban J connectivity index is 1.46. The molecule has 9 heteroatoms. The van der Waals surface area contributed by atoms with Crippen LogP contribution in [-0.2, 0) is 24.4 Å². The van der Waals surface area contributed by atoms with Gasteiger partial charge in [-0.3, -0.25) is 9.69 Å². The van der Waals surface area contributed by atoms with E-state index in [0.29, 0.717) is 17.2 Å². The van der Waals surface area contributed by atoms with Gasteiger partial charge in [0.2, 0.25) is 5.91 Å². The lowest BCUT2D eigenvalue weighted by Gasteiger charge is -2.25. The van der Waals surface area contributed by atoms with Crippen LogP contribution in [0.5, 0.6) is 0 Å². The maximum absolute atomic E-state index is 13.1. The van der Waals surface area contributed by atoms with E-state index >= 15 is 0 Å². The first-order chi connectivity index (χ1) is 17.5. The van der Waals surface area contributed by atoms with Crippen LogP contribution >= 0.6 is 0 Å². The van der Waals surface area contributed by atoms with Crippen LogP contribution in [0, 0.1) is 0 Å². The molecular formula is C28H26F3N5O. The maximum atomic E-state index is 13.1. The third-order valence-electron chi connectivity index (χ3n) is 6.71. The topological polar surface area (TPSA) is 63.9 Å². The van der Waals surface area contributed by atoms with Crippen molar-refractivity contribution in [2.75, 3.05) is 4.90 Å². The lowest BCUT2D eigenvalue weighted by Crippen LogP contribution is -2.30. The standard InChI is InChI=1S/C28H26F3N5O/c1-16(2)21-7-5-6-8-22(21)25-32-14-20-13-24(37)36(27(20)34-25)17(3)18-9-11-19(12-10-18)26-33-23(15-35(26)4)28(29,30)31/h5-12,14-17H,13H2,1-4H3/t17-/m0/s1. The SMILES string of the molecule is CC(C)c1ccccc1-c1ncc2c(n1)N([C@@H](C)c1ccc(-c3nc(C(F)(F)F)cn3C)cc1)C(=O)C2. The highest BCUT2D eigenvalue weighted by molar-refractivity contribution is 6.01. The van der Waals surface area contributed by atoms with Crippen molar-refractivity contribution in [3.8, 4) is 22.8 Å². The van der Waals surface area contributed by atoms with Crippen molar-refractivity contribution in [1.82, 2.24) is 19.5 Å². The Morgan fingerprint density at radius 2 is 1.68 bits per heavy atom. The van der Waals surface area contributed by atoms with Crippen molar-refractivity contribution in [2.45, 2.75) is 45.3 Å². The van der Waals surface area contributed by atoms with Crippen molar-refractivity contribution in [3.63, 3.8) is 0 Å². The van der Waals surface area contributed by atoms with Gasteiger partial charge in [0.15, 0.2) is 11.5 Å². The molecule has 1 atom stereocenters. The predicted molar refractivity (Wildman–Crippen MR) is 135 cm³/mol. The van der Waals surface area contributed by atoms with Crippen LogP contribution < -0.4 is 4.90 Å². The van der Waals surface area contributed by atoms with Crippen LogP contribution in [0.2, 0.25) is 0 Å². The first-order valence-corrected chi connectivity index (χ1v) is 12.0. The summed E-state index contributed by atoms with van der Waals surface area (Å²) < 4.78 is 40.6. The van der Waals surface area contributed by atoms with Gasteiger partial charge in [0.25, 0.3) is 0 Å². The van der Waals surface area contributed by atoms with Gasteiger partial charge in [-0.05, 0) is 24.0 Å². The van der Waals surface area contributed by atoms with E-state index in [9.17, 15) is 18.0 Å². The molecule has 2 aromatic carbocycles. The van der Waals surface area contributed by atoms with Crippen LogP contribution in [0.4, 0.5) is 19.0 Å². The summed E-state index contributed by atoms with van der Waals surface area (Å²) in [4.78, 5) is 27.9. The molecule has 0 saturated carbocycles. The smallest absolute Gasteiger partial charge is 0.333 e. The molecule has 1 aliphatic heterocycles. The minimum absolute atomic E-state index is 0.0749. The largest absolute Gasteiger partial charge is 0.434 e. The van der Waals surface area contributed by atoms with Crippen LogP contribution in [0.15, 0.2) is 60.9 Å². The van der Waals surface area contributed by atoms with Gasteiger partial charge in [0, 0.05) is 36.1 Å². The van der Waals surface area contributed by atoms with E-state index in [4.69, 9.17) is 4.98 Å². The van der Waals surface area contributed by atoms with E-state index in [1.807, 2.05) is 37.3 Å². The quantitative estimate of drug-likeness (QED) is 0.318. The van der Waals surface area contributed by atoms with Crippen molar-refractivity contribution >= 4 is 11.7 Å². The number of aryl methyl sites for hydroxylation is 1. The average molecular weight is 506 g/mol. The Bertz CT molecular complexity index is 1470. The third-order valence-corrected chi connectivity index (χ3v) is 6.71. The second-order valence-electron chi connectivity index (χ2n) is 9.58. The minimum atomic E-state index is -4.51. The molecule has 0 N–H and O–H groups in total. The Morgan fingerprint density at radius 1 is 0.973 bits per heavy atom. The lowest BCUT2D eigenvalue weighted by molar-refractivity contribution is -0.140. The van der Waals surface area contributed by atoms with Crippen molar-refractivity contribution in [3.05, 3.63) is 83.3 Å². The highest BCUT2D eigenvalue weighted by Gasteiger charge is 2.35. The van der Waals surface area contributed by atoms with E-state index in [-0.39, 0.29) is 30.1 Å². The van der Waals surface area contributed by atoms with Crippen molar-refractivity contribution in [2.24, 2.45) is 7.05 Å². The first kappa shape index (κ1) is 24.7. The molecule has 0 aliphatic carbocycles. The summed E-state index contributed by atoms with van der Waals surface area (Å²) in [5.41, 5.74) is 3.29. The van der Waals surface area contributed by atoms with Gasteiger partial charge in [-0.1, -0.05) is 62.4 Å². The molecule has 0 fully saturated rings. The zero-order chi connectivity index (χ0) is 26.5. The van der Waals surface area contributed by atoms with E-state index in [1.165, 1.54) is 11.6 Å². The Kier molecular flexibility index (Phi) is 6.09. The number of aromatic nitrogens is 4. The molecule has 1 amide bonds. The zero-order valence-corrected chi connectivity index (χ0v) is 20.9. The monoisotopic (exact) mass is 505 g/mol. The number of amides is 1. The normalized spacial score (nSPS) is 14.4. The van der Waals surface area contributed by atoms with E-state index in [2.05, 4.69) is 29.9 Å². The van der Waals surface area contributed by atoms with Gasteiger partial charge in [-0.15, -0.1) is 0 Å². The summed E-state index contributed by atoms with van der Waals surface area (Å²) in [7, 11) is 1.53. The number of benzene rings is 2. The van der Waals surface area contributed by atoms with Crippen LogP contribution in [0.25, 0.3) is 22.8 Å². The number of nitrogens with zero attached hydrogens (tertiary/aromatic N) is 5. The first-order valence-electron chi connectivity index (χ1n) is 12.0. The molecule has 190 valence electrons. The molecule has 0 radical (unpaired) electrons. The zero-order valence-electron chi connectivity index (χ0n) is 20.9. The van der Waals surface area contributed by atoms with Crippen LogP contribution in [0.3, 0.4) is 0 Å².